The van der Waals surface area contributed by atoms with Gasteiger partial charge in [-0.3, -0.25) is 4.79 Å². The average molecular weight is 494 g/mol. The fourth-order valence-corrected chi connectivity index (χ4v) is 4.64. The van der Waals surface area contributed by atoms with Crippen molar-refractivity contribution in [2.24, 2.45) is 0 Å². The van der Waals surface area contributed by atoms with E-state index >= 15 is 0 Å². The Kier molecular flexibility index (Phi) is 7.11. The van der Waals surface area contributed by atoms with Crippen LogP contribution in [0.15, 0.2) is 60.7 Å². The van der Waals surface area contributed by atoms with Crippen molar-refractivity contribution < 1.29 is 19.4 Å². The van der Waals surface area contributed by atoms with Crippen LogP contribution in [-0.4, -0.2) is 24.2 Å². The molecule has 1 aliphatic rings. The molecule has 0 spiro atoms. The third kappa shape index (κ3) is 5.02. The lowest BCUT2D eigenvalue weighted by Gasteiger charge is -2.38. The zero-order chi connectivity index (χ0) is 25.3. The Balaban J connectivity index is 1.88. The molecule has 184 valence electrons. The number of rotatable bonds is 7. The maximum absolute atomic E-state index is 13.6. The van der Waals surface area contributed by atoms with Crippen molar-refractivity contribution in [3.05, 3.63) is 87.9 Å². The topological polar surface area (TPSA) is 59.0 Å². The van der Waals surface area contributed by atoms with E-state index in [1.807, 2.05) is 86.3 Å². The van der Waals surface area contributed by atoms with Crippen LogP contribution in [0, 0.1) is 0 Å². The second-order valence-corrected chi connectivity index (χ2v) is 9.87. The van der Waals surface area contributed by atoms with Crippen molar-refractivity contribution in [1.29, 1.82) is 0 Å². The van der Waals surface area contributed by atoms with Gasteiger partial charge in [0.05, 0.1) is 31.3 Å². The molecule has 3 aromatic carbocycles. The number of ether oxygens (including phenoxy) is 2. The number of carbonyl (C=O) groups excluding carboxylic acids is 1. The molecule has 0 saturated heterocycles. The summed E-state index contributed by atoms with van der Waals surface area (Å²) in [5, 5.41) is 11.3. The summed E-state index contributed by atoms with van der Waals surface area (Å²) < 4.78 is 11.6. The summed E-state index contributed by atoms with van der Waals surface area (Å²) in [7, 11) is 1.61. The molecule has 1 amide bonds. The van der Waals surface area contributed by atoms with Crippen LogP contribution in [0.1, 0.15) is 62.4 Å². The van der Waals surface area contributed by atoms with Gasteiger partial charge in [0, 0.05) is 10.7 Å². The first kappa shape index (κ1) is 25.1. The lowest BCUT2D eigenvalue weighted by atomic mass is 9.86. The van der Waals surface area contributed by atoms with Crippen LogP contribution < -0.4 is 14.4 Å². The molecule has 6 heteroatoms. The van der Waals surface area contributed by atoms with Crippen LogP contribution in [0.4, 0.5) is 5.69 Å². The Bertz CT molecular complexity index is 1200. The zero-order valence-electron chi connectivity index (χ0n) is 20.8. The highest BCUT2D eigenvalue weighted by Gasteiger charge is 2.36. The van der Waals surface area contributed by atoms with E-state index < -0.39 is 5.60 Å². The fourth-order valence-electron chi connectivity index (χ4n) is 4.51. The van der Waals surface area contributed by atoms with E-state index in [9.17, 15) is 9.90 Å². The summed E-state index contributed by atoms with van der Waals surface area (Å²) in [5.74, 6) is 1.23. The average Bonchev–Trinajstić information content (AvgIpc) is 2.83. The van der Waals surface area contributed by atoms with Crippen LogP contribution in [0.3, 0.4) is 0 Å². The number of carbonyl (C=O) groups is 1. The minimum absolute atomic E-state index is 0.0213. The molecule has 2 atom stereocenters. The number of anilines is 1. The predicted molar refractivity (Wildman–Crippen MR) is 140 cm³/mol. The van der Waals surface area contributed by atoms with Crippen LogP contribution >= 0.6 is 11.6 Å². The van der Waals surface area contributed by atoms with E-state index in [-0.39, 0.29) is 24.5 Å². The number of amides is 1. The van der Waals surface area contributed by atoms with E-state index in [4.69, 9.17) is 21.1 Å². The first-order chi connectivity index (χ1) is 16.6. The van der Waals surface area contributed by atoms with Gasteiger partial charge in [0.25, 0.3) is 0 Å². The highest BCUT2D eigenvalue weighted by molar-refractivity contribution is 6.30. The highest BCUT2D eigenvalue weighted by atomic mass is 35.5. The molecular weight excluding hydrogens is 462 g/mol. The summed E-state index contributed by atoms with van der Waals surface area (Å²) in [6, 6.07) is 18.7. The Hall–Kier alpha value is -3.02. The third-order valence-corrected chi connectivity index (χ3v) is 6.84. The van der Waals surface area contributed by atoms with E-state index in [2.05, 4.69) is 0 Å². The summed E-state index contributed by atoms with van der Waals surface area (Å²) in [4.78, 5) is 15.4. The lowest BCUT2D eigenvalue weighted by Crippen LogP contribution is -2.41. The van der Waals surface area contributed by atoms with Crippen molar-refractivity contribution in [3.8, 4) is 11.5 Å². The van der Waals surface area contributed by atoms with Gasteiger partial charge < -0.3 is 19.5 Å². The largest absolute Gasteiger partial charge is 0.493 e. The Morgan fingerprint density at radius 2 is 1.74 bits per heavy atom. The van der Waals surface area contributed by atoms with Crippen molar-refractivity contribution in [2.45, 2.75) is 58.3 Å². The number of benzene rings is 3. The molecule has 0 radical (unpaired) electrons. The van der Waals surface area contributed by atoms with Crippen molar-refractivity contribution >= 4 is 23.2 Å². The number of hydrogen-bond donors (Lipinski definition) is 1. The Morgan fingerprint density at radius 3 is 2.31 bits per heavy atom. The van der Waals surface area contributed by atoms with Crippen LogP contribution in [0.2, 0.25) is 5.02 Å². The molecule has 1 heterocycles. The minimum Gasteiger partial charge on any atom is -0.493 e. The molecule has 35 heavy (non-hydrogen) atoms. The van der Waals surface area contributed by atoms with E-state index in [1.165, 1.54) is 0 Å². The van der Waals surface area contributed by atoms with E-state index in [0.29, 0.717) is 22.9 Å². The molecule has 0 aromatic heterocycles. The van der Waals surface area contributed by atoms with Crippen LogP contribution in [0.25, 0.3) is 0 Å². The predicted octanol–water partition coefficient (Wildman–Crippen LogP) is 6.43. The molecule has 1 N–H and O–H groups in total. The van der Waals surface area contributed by atoms with Gasteiger partial charge in [0.1, 0.15) is 0 Å². The molecule has 0 fully saturated rings. The molecule has 5 nitrogen and oxygen atoms in total. The molecular formula is C29H32ClNO4. The Labute approximate surface area is 212 Å². The summed E-state index contributed by atoms with van der Waals surface area (Å²) >= 11 is 6.19. The molecule has 1 unspecified atom stereocenters. The van der Waals surface area contributed by atoms with Gasteiger partial charge in [-0.25, -0.2) is 0 Å². The Morgan fingerprint density at radius 1 is 1.09 bits per heavy atom. The number of aliphatic hydroxyl groups is 1. The maximum atomic E-state index is 13.6. The van der Waals surface area contributed by atoms with Gasteiger partial charge in [-0.1, -0.05) is 42.8 Å². The molecule has 3 aromatic rings. The SMILES string of the molecule is CC[C@](C)(O)c1ccc(N2C(=O)Cc3cc(OC)c(OC(C)C)cc3C2c2ccc(Cl)cc2)cc1. The number of halogens is 1. The normalized spacial score (nSPS) is 17.2. The van der Waals surface area contributed by atoms with E-state index in [1.54, 1.807) is 14.0 Å². The second kappa shape index (κ2) is 9.92. The van der Waals surface area contributed by atoms with Gasteiger partial charge >= 0.3 is 0 Å². The number of nitrogens with zero attached hydrogens (tertiary/aromatic N) is 1. The smallest absolute Gasteiger partial charge is 0.232 e. The monoisotopic (exact) mass is 493 g/mol. The maximum Gasteiger partial charge on any atom is 0.232 e. The standard InChI is InChI=1S/C29H32ClNO4/c1-6-29(4,33)21-9-13-23(14-10-21)31-27(32)16-20-15-25(34-5)26(35-18(2)3)17-24(20)28(31)19-7-11-22(30)12-8-19/h7-15,17-18,28,33H,6,16H2,1-5H3/t28?,29-/m0/s1. The molecule has 1 aliphatic heterocycles. The van der Waals surface area contributed by atoms with Crippen LogP contribution in [0.5, 0.6) is 11.5 Å². The van der Waals surface area contributed by atoms with Gasteiger partial charge in [-0.15, -0.1) is 0 Å². The highest BCUT2D eigenvalue weighted by Crippen LogP contribution is 2.44. The summed E-state index contributed by atoms with van der Waals surface area (Å²) in [6.45, 7) is 7.68. The van der Waals surface area contributed by atoms with Gasteiger partial charge in [-0.05, 0) is 85.8 Å². The van der Waals surface area contributed by atoms with Gasteiger partial charge in [0.15, 0.2) is 11.5 Å². The number of hydrogen-bond acceptors (Lipinski definition) is 4. The number of methoxy groups -OCH3 is 1. The molecule has 0 aliphatic carbocycles. The van der Waals surface area contributed by atoms with Crippen LogP contribution in [-0.2, 0) is 16.8 Å². The summed E-state index contributed by atoms with van der Waals surface area (Å²) in [6.07, 6.45) is 0.804. The lowest BCUT2D eigenvalue weighted by molar-refractivity contribution is -0.118. The summed E-state index contributed by atoms with van der Waals surface area (Å²) in [5.41, 5.74) is 3.48. The third-order valence-electron chi connectivity index (χ3n) is 6.59. The second-order valence-electron chi connectivity index (χ2n) is 9.44. The molecule has 0 bridgehead atoms. The molecule has 4 rings (SSSR count). The fraction of sp³-hybridized carbons (Fsp3) is 0.345. The quantitative estimate of drug-likeness (QED) is 0.412. The van der Waals surface area contributed by atoms with Crippen molar-refractivity contribution in [3.63, 3.8) is 0 Å². The van der Waals surface area contributed by atoms with E-state index in [0.717, 1.165) is 27.9 Å². The van der Waals surface area contributed by atoms with Crippen molar-refractivity contribution in [1.82, 2.24) is 0 Å². The van der Waals surface area contributed by atoms with Crippen molar-refractivity contribution in [2.75, 3.05) is 12.0 Å². The first-order valence-electron chi connectivity index (χ1n) is 11.9. The number of fused-ring (bicyclic) bond motifs is 1. The van der Waals surface area contributed by atoms with Gasteiger partial charge in [0.2, 0.25) is 5.91 Å². The van der Waals surface area contributed by atoms with Gasteiger partial charge in [-0.2, -0.15) is 0 Å². The minimum atomic E-state index is -0.924. The zero-order valence-corrected chi connectivity index (χ0v) is 21.6. The molecule has 0 saturated carbocycles. The first-order valence-corrected chi connectivity index (χ1v) is 12.3.